The van der Waals surface area contributed by atoms with Crippen LogP contribution in [0.4, 0.5) is 10.1 Å². The summed E-state index contributed by atoms with van der Waals surface area (Å²) in [6.45, 7) is 2.54. The summed E-state index contributed by atoms with van der Waals surface area (Å²) in [4.78, 5) is 11.9. The molecule has 0 saturated heterocycles. The maximum absolute atomic E-state index is 13.9. The number of thiazole rings is 1. The molecular formula is C16H14BrFN2O3S2. The van der Waals surface area contributed by atoms with Gasteiger partial charge in [0.15, 0.2) is 0 Å². The number of nitrogens with zero attached hydrogens (tertiary/aromatic N) is 1. The second-order valence-electron chi connectivity index (χ2n) is 5.38. The van der Waals surface area contributed by atoms with E-state index in [1.165, 1.54) is 24.3 Å². The van der Waals surface area contributed by atoms with Gasteiger partial charge in [-0.25, -0.2) is 12.8 Å². The summed E-state index contributed by atoms with van der Waals surface area (Å²) in [5.74, 6) is -0.683. The van der Waals surface area contributed by atoms with Gasteiger partial charge in [0, 0.05) is 11.0 Å². The molecular weight excluding hydrogens is 431 g/mol. The predicted octanol–water partition coefficient (Wildman–Crippen LogP) is 4.18. The molecule has 3 rings (SSSR count). The lowest BCUT2D eigenvalue weighted by molar-refractivity contribution is 0.598. The summed E-state index contributed by atoms with van der Waals surface area (Å²) in [5.41, 5.74) is 0.561. The number of benzene rings is 2. The van der Waals surface area contributed by atoms with Crippen molar-refractivity contribution in [3.05, 3.63) is 56.4 Å². The zero-order chi connectivity index (χ0) is 18.2. The zero-order valence-electron chi connectivity index (χ0n) is 13.1. The molecule has 1 heterocycles. The van der Waals surface area contributed by atoms with Crippen LogP contribution in [-0.2, 0) is 16.6 Å². The molecule has 0 aliphatic rings. The van der Waals surface area contributed by atoms with Gasteiger partial charge in [0.1, 0.15) is 5.82 Å². The molecule has 0 bridgehead atoms. The van der Waals surface area contributed by atoms with Gasteiger partial charge in [0.25, 0.3) is 10.0 Å². The van der Waals surface area contributed by atoms with Gasteiger partial charge < -0.3 is 0 Å². The molecule has 132 valence electrons. The number of nitrogens with one attached hydrogen (secondary N) is 1. The molecule has 0 atom stereocenters. The van der Waals surface area contributed by atoms with Crippen molar-refractivity contribution in [2.75, 3.05) is 4.72 Å². The van der Waals surface area contributed by atoms with Crippen molar-refractivity contribution in [1.82, 2.24) is 4.57 Å². The molecule has 0 aliphatic carbocycles. The molecule has 5 nitrogen and oxygen atoms in total. The Hall–Kier alpha value is -1.71. The average molecular weight is 445 g/mol. The molecule has 0 spiro atoms. The normalized spacial score (nSPS) is 11.8. The molecule has 0 fully saturated rings. The number of hydrogen-bond donors (Lipinski definition) is 1. The number of halogens is 2. The van der Waals surface area contributed by atoms with Gasteiger partial charge in [-0.05, 0) is 42.8 Å². The first kappa shape index (κ1) is 18.1. The highest BCUT2D eigenvalue weighted by Gasteiger charge is 2.18. The number of rotatable bonds is 5. The first-order chi connectivity index (χ1) is 11.8. The smallest absolute Gasteiger partial charge is 0.299 e. The van der Waals surface area contributed by atoms with Crippen LogP contribution >= 0.6 is 27.3 Å². The maximum atomic E-state index is 13.9. The summed E-state index contributed by atoms with van der Waals surface area (Å²) in [6, 6.07) is 8.52. The van der Waals surface area contributed by atoms with Gasteiger partial charge >= 0.3 is 4.87 Å². The zero-order valence-corrected chi connectivity index (χ0v) is 16.3. The van der Waals surface area contributed by atoms with Crippen molar-refractivity contribution in [2.45, 2.75) is 24.8 Å². The lowest BCUT2D eigenvalue weighted by atomic mass is 10.3. The Balaban J connectivity index is 2.01. The van der Waals surface area contributed by atoms with Crippen molar-refractivity contribution in [3.63, 3.8) is 0 Å². The molecule has 3 aromatic rings. The first-order valence-corrected chi connectivity index (χ1v) is 10.5. The summed E-state index contributed by atoms with van der Waals surface area (Å²) < 4.78 is 43.9. The van der Waals surface area contributed by atoms with Crippen LogP contribution in [0.2, 0.25) is 0 Å². The van der Waals surface area contributed by atoms with E-state index in [4.69, 9.17) is 0 Å². The van der Waals surface area contributed by atoms with Gasteiger partial charge in [0.2, 0.25) is 0 Å². The Labute approximate surface area is 156 Å². The number of anilines is 1. The Kier molecular flexibility index (Phi) is 4.99. The Morgan fingerprint density at radius 2 is 2.00 bits per heavy atom. The molecule has 2 aromatic carbocycles. The van der Waals surface area contributed by atoms with Crippen LogP contribution in [0.3, 0.4) is 0 Å². The number of hydrogen-bond acceptors (Lipinski definition) is 4. The minimum Gasteiger partial charge on any atom is -0.299 e. The molecule has 9 heteroatoms. The van der Waals surface area contributed by atoms with E-state index < -0.39 is 15.8 Å². The number of sulfonamides is 1. The Bertz CT molecular complexity index is 1110. The molecule has 0 unspecified atom stereocenters. The summed E-state index contributed by atoms with van der Waals surface area (Å²) in [5, 5.41) is 0. The van der Waals surface area contributed by atoms with Gasteiger partial charge in [-0.2, -0.15) is 0 Å². The number of aryl methyl sites for hydroxylation is 1. The lowest BCUT2D eigenvalue weighted by Crippen LogP contribution is -2.14. The Morgan fingerprint density at radius 1 is 1.24 bits per heavy atom. The second-order valence-corrected chi connectivity index (χ2v) is 8.97. The van der Waals surface area contributed by atoms with Crippen LogP contribution in [0.15, 0.2) is 50.6 Å². The standard InChI is InChI=1S/C16H14BrFN2O3S2/c1-2-7-20-14-6-4-11(9-15(14)24-16(20)21)25(22,23)19-13-5-3-10(17)8-12(13)18/h3-6,8-9,19H,2,7H2,1H3. The monoisotopic (exact) mass is 444 g/mol. The summed E-state index contributed by atoms with van der Waals surface area (Å²) in [7, 11) is -3.97. The first-order valence-electron chi connectivity index (χ1n) is 7.43. The maximum Gasteiger partial charge on any atom is 0.308 e. The topological polar surface area (TPSA) is 68.2 Å². The number of fused-ring (bicyclic) bond motifs is 1. The van der Waals surface area contributed by atoms with Crippen LogP contribution in [0.1, 0.15) is 13.3 Å². The van der Waals surface area contributed by atoms with Crippen molar-refractivity contribution < 1.29 is 12.8 Å². The molecule has 1 N–H and O–H groups in total. The molecule has 0 amide bonds. The van der Waals surface area contributed by atoms with E-state index in [-0.39, 0.29) is 15.5 Å². The van der Waals surface area contributed by atoms with Gasteiger partial charge in [0.05, 0.1) is 20.8 Å². The largest absolute Gasteiger partial charge is 0.308 e. The van der Waals surface area contributed by atoms with Crippen LogP contribution in [0, 0.1) is 5.82 Å². The van der Waals surface area contributed by atoms with Crippen LogP contribution in [0.25, 0.3) is 10.2 Å². The van der Waals surface area contributed by atoms with Crippen LogP contribution < -0.4 is 9.60 Å². The third-order valence-electron chi connectivity index (χ3n) is 3.57. The van der Waals surface area contributed by atoms with Crippen molar-refractivity contribution in [2.24, 2.45) is 0 Å². The van der Waals surface area contributed by atoms with Crippen molar-refractivity contribution >= 4 is 53.2 Å². The van der Waals surface area contributed by atoms with Crippen LogP contribution in [-0.4, -0.2) is 13.0 Å². The molecule has 1 aromatic heterocycles. The van der Waals surface area contributed by atoms with E-state index in [1.54, 1.807) is 16.7 Å². The van der Waals surface area contributed by atoms with Crippen molar-refractivity contribution in [3.8, 4) is 0 Å². The lowest BCUT2D eigenvalue weighted by Gasteiger charge is -2.09. The third kappa shape index (κ3) is 3.63. The van der Waals surface area contributed by atoms with E-state index in [9.17, 15) is 17.6 Å². The van der Waals surface area contributed by atoms with Crippen molar-refractivity contribution in [1.29, 1.82) is 0 Å². The second kappa shape index (κ2) is 6.89. The highest BCUT2D eigenvalue weighted by molar-refractivity contribution is 9.10. The van der Waals surface area contributed by atoms with Crippen LogP contribution in [0.5, 0.6) is 0 Å². The quantitative estimate of drug-likeness (QED) is 0.641. The average Bonchev–Trinajstić information content (AvgIpc) is 2.86. The SMILES string of the molecule is CCCn1c(=O)sc2cc(S(=O)(=O)Nc3ccc(Br)cc3F)ccc21. The minimum absolute atomic E-state index is 0.0211. The molecule has 0 radical (unpaired) electrons. The molecule has 0 aliphatic heterocycles. The summed E-state index contributed by atoms with van der Waals surface area (Å²) in [6.07, 6.45) is 0.802. The van der Waals surface area contributed by atoms with E-state index in [0.29, 0.717) is 21.2 Å². The van der Waals surface area contributed by atoms with E-state index >= 15 is 0 Å². The highest BCUT2D eigenvalue weighted by Crippen LogP contribution is 2.25. The van der Waals surface area contributed by atoms with E-state index in [1.807, 2.05) is 6.92 Å². The Morgan fingerprint density at radius 3 is 2.68 bits per heavy atom. The minimum atomic E-state index is -3.97. The number of aromatic nitrogens is 1. The fourth-order valence-corrected chi connectivity index (χ4v) is 4.88. The molecule has 0 saturated carbocycles. The fraction of sp³-hybridized carbons (Fsp3) is 0.188. The van der Waals surface area contributed by atoms with E-state index in [2.05, 4.69) is 20.7 Å². The predicted molar refractivity (Wildman–Crippen MR) is 101 cm³/mol. The van der Waals surface area contributed by atoms with Gasteiger partial charge in [-0.3, -0.25) is 14.1 Å². The van der Waals surface area contributed by atoms with Gasteiger partial charge in [-0.1, -0.05) is 34.2 Å². The van der Waals surface area contributed by atoms with Gasteiger partial charge in [-0.15, -0.1) is 0 Å². The third-order valence-corrected chi connectivity index (χ3v) is 6.37. The highest BCUT2D eigenvalue weighted by atomic mass is 79.9. The fourth-order valence-electron chi connectivity index (χ4n) is 2.43. The summed E-state index contributed by atoms with van der Waals surface area (Å²) >= 11 is 4.12. The van der Waals surface area contributed by atoms with E-state index in [0.717, 1.165) is 17.8 Å². The molecule has 25 heavy (non-hydrogen) atoms.